The lowest BCUT2D eigenvalue weighted by Gasteiger charge is -2.15. The molecule has 0 heterocycles. The Morgan fingerprint density at radius 2 is 2.24 bits per heavy atom. The minimum atomic E-state index is -0.106. The zero-order valence-electron chi connectivity index (χ0n) is 10.3. The van der Waals surface area contributed by atoms with Gasteiger partial charge in [0.2, 0.25) is 0 Å². The molecule has 2 amide bonds. The molecule has 0 saturated carbocycles. The van der Waals surface area contributed by atoms with Crippen molar-refractivity contribution in [3.8, 4) is 0 Å². The van der Waals surface area contributed by atoms with Crippen LogP contribution < -0.4 is 10.6 Å². The summed E-state index contributed by atoms with van der Waals surface area (Å²) < 4.78 is 1.02. The summed E-state index contributed by atoms with van der Waals surface area (Å²) in [5, 5.41) is 5.75. The molecule has 0 unspecified atom stereocenters. The van der Waals surface area contributed by atoms with E-state index in [1.54, 1.807) is 0 Å². The van der Waals surface area contributed by atoms with Crippen LogP contribution in [0, 0.1) is 0 Å². The van der Waals surface area contributed by atoms with Crippen molar-refractivity contribution in [2.24, 2.45) is 0 Å². The minimum absolute atomic E-state index is 0.00845. The van der Waals surface area contributed by atoms with E-state index < -0.39 is 0 Å². The predicted octanol–water partition coefficient (Wildman–Crippen LogP) is 3.61. The van der Waals surface area contributed by atoms with E-state index in [4.69, 9.17) is 0 Å². The Bertz CT molecular complexity index is 368. The first kappa shape index (κ1) is 14.0. The van der Waals surface area contributed by atoms with Crippen molar-refractivity contribution >= 4 is 22.0 Å². The Balaban J connectivity index is 2.43. The van der Waals surface area contributed by atoms with E-state index >= 15 is 0 Å². The maximum atomic E-state index is 11.6. The van der Waals surface area contributed by atoms with Crippen LogP contribution >= 0.6 is 15.9 Å². The first-order valence-corrected chi connectivity index (χ1v) is 6.72. The predicted molar refractivity (Wildman–Crippen MR) is 74.0 cm³/mol. The normalized spacial score (nSPS) is 11.9. The fourth-order valence-corrected chi connectivity index (χ4v) is 1.90. The lowest BCUT2D eigenvalue weighted by molar-refractivity contribution is 0.238. The number of nitrogens with one attached hydrogen (secondary N) is 2. The molecule has 1 rings (SSSR count). The molecule has 0 aliphatic rings. The van der Waals surface area contributed by atoms with E-state index in [2.05, 4.69) is 33.5 Å². The lowest BCUT2D eigenvalue weighted by atomic mass is 10.1. The number of unbranched alkanes of at least 4 members (excludes halogenated alkanes) is 1. The number of hydrogen-bond donors (Lipinski definition) is 2. The van der Waals surface area contributed by atoms with E-state index in [1.807, 2.05) is 31.2 Å². The molecule has 1 aromatic carbocycles. The number of hydrogen-bond acceptors (Lipinski definition) is 1. The van der Waals surface area contributed by atoms with Crippen molar-refractivity contribution in [3.05, 3.63) is 34.3 Å². The van der Waals surface area contributed by atoms with Crippen LogP contribution in [0.25, 0.3) is 0 Å². The van der Waals surface area contributed by atoms with Gasteiger partial charge in [0.25, 0.3) is 0 Å². The van der Waals surface area contributed by atoms with Crippen molar-refractivity contribution in [1.29, 1.82) is 0 Å². The van der Waals surface area contributed by atoms with Crippen LogP contribution in [0.5, 0.6) is 0 Å². The van der Waals surface area contributed by atoms with Gasteiger partial charge in [0, 0.05) is 11.0 Å². The maximum absolute atomic E-state index is 11.6. The molecule has 0 aliphatic carbocycles. The molecule has 0 aliphatic heterocycles. The standard InChI is InChI=1S/C13H19BrN2O/c1-3-4-8-15-13(17)16-10(2)11-6-5-7-12(14)9-11/h5-7,9-10H,3-4,8H2,1-2H3,(H2,15,16,17)/t10-/m0/s1. The summed E-state index contributed by atoms with van der Waals surface area (Å²) in [4.78, 5) is 11.6. The third-order valence-electron chi connectivity index (χ3n) is 2.51. The molecule has 1 atom stereocenters. The topological polar surface area (TPSA) is 41.1 Å². The van der Waals surface area contributed by atoms with Gasteiger partial charge in [-0.25, -0.2) is 4.79 Å². The molecule has 94 valence electrons. The average molecular weight is 299 g/mol. The van der Waals surface area contributed by atoms with Gasteiger partial charge in [-0.15, -0.1) is 0 Å². The van der Waals surface area contributed by atoms with Crippen LogP contribution in [-0.2, 0) is 0 Å². The van der Waals surface area contributed by atoms with Crippen LogP contribution in [0.2, 0.25) is 0 Å². The van der Waals surface area contributed by atoms with Crippen molar-refractivity contribution in [2.75, 3.05) is 6.54 Å². The summed E-state index contributed by atoms with van der Waals surface area (Å²) in [7, 11) is 0. The highest BCUT2D eigenvalue weighted by Gasteiger charge is 2.08. The van der Waals surface area contributed by atoms with Gasteiger partial charge in [0.1, 0.15) is 0 Å². The van der Waals surface area contributed by atoms with Gasteiger partial charge in [-0.3, -0.25) is 0 Å². The Kier molecular flexibility index (Phi) is 6.05. The summed E-state index contributed by atoms with van der Waals surface area (Å²) in [5.74, 6) is 0. The fraction of sp³-hybridized carbons (Fsp3) is 0.462. The highest BCUT2D eigenvalue weighted by atomic mass is 79.9. The summed E-state index contributed by atoms with van der Waals surface area (Å²) in [6, 6.07) is 7.85. The van der Waals surface area contributed by atoms with Crippen LogP contribution in [0.3, 0.4) is 0 Å². The van der Waals surface area contributed by atoms with E-state index in [9.17, 15) is 4.79 Å². The third-order valence-corrected chi connectivity index (χ3v) is 3.01. The molecule has 0 aromatic heterocycles. The van der Waals surface area contributed by atoms with Crippen molar-refractivity contribution < 1.29 is 4.79 Å². The second kappa shape index (κ2) is 7.33. The number of amides is 2. The van der Waals surface area contributed by atoms with E-state index in [0.717, 1.165) is 29.4 Å². The van der Waals surface area contributed by atoms with Gasteiger partial charge < -0.3 is 10.6 Å². The molecular formula is C13H19BrN2O. The Labute approximate surface area is 111 Å². The Morgan fingerprint density at radius 1 is 1.47 bits per heavy atom. The molecule has 17 heavy (non-hydrogen) atoms. The number of carbonyl (C=O) groups excluding carboxylic acids is 1. The number of carbonyl (C=O) groups is 1. The second-order valence-corrected chi connectivity index (χ2v) is 4.95. The summed E-state index contributed by atoms with van der Waals surface area (Å²) in [6.07, 6.45) is 2.10. The fourth-order valence-electron chi connectivity index (χ4n) is 1.49. The van der Waals surface area contributed by atoms with Crippen LogP contribution in [0.15, 0.2) is 28.7 Å². The van der Waals surface area contributed by atoms with Gasteiger partial charge >= 0.3 is 6.03 Å². The Morgan fingerprint density at radius 3 is 2.88 bits per heavy atom. The monoisotopic (exact) mass is 298 g/mol. The minimum Gasteiger partial charge on any atom is -0.338 e. The zero-order chi connectivity index (χ0) is 12.7. The largest absolute Gasteiger partial charge is 0.338 e. The first-order chi connectivity index (χ1) is 8.13. The van der Waals surface area contributed by atoms with Crippen molar-refractivity contribution in [1.82, 2.24) is 10.6 Å². The summed E-state index contributed by atoms with van der Waals surface area (Å²) in [6.45, 7) is 4.80. The van der Waals surface area contributed by atoms with Gasteiger partial charge in [-0.05, 0) is 31.0 Å². The van der Waals surface area contributed by atoms with E-state index in [0.29, 0.717) is 0 Å². The molecule has 2 N–H and O–H groups in total. The number of benzene rings is 1. The Hall–Kier alpha value is -1.03. The quantitative estimate of drug-likeness (QED) is 0.801. The lowest BCUT2D eigenvalue weighted by Crippen LogP contribution is -2.37. The molecular weight excluding hydrogens is 280 g/mol. The van der Waals surface area contributed by atoms with E-state index in [-0.39, 0.29) is 12.1 Å². The highest BCUT2D eigenvalue weighted by Crippen LogP contribution is 2.17. The number of rotatable bonds is 5. The van der Waals surface area contributed by atoms with Gasteiger partial charge in [0.15, 0.2) is 0 Å². The second-order valence-electron chi connectivity index (χ2n) is 4.03. The van der Waals surface area contributed by atoms with Crippen LogP contribution in [0.4, 0.5) is 4.79 Å². The summed E-state index contributed by atoms with van der Waals surface area (Å²) >= 11 is 3.42. The van der Waals surface area contributed by atoms with Crippen LogP contribution in [-0.4, -0.2) is 12.6 Å². The molecule has 0 saturated heterocycles. The maximum Gasteiger partial charge on any atom is 0.315 e. The van der Waals surface area contributed by atoms with Gasteiger partial charge in [-0.1, -0.05) is 41.4 Å². The molecule has 3 nitrogen and oxygen atoms in total. The number of urea groups is 1. The zero-order valence-corrected chi connectivity index (χ0v) is 11.9. The molecule has 1 aromatic rings. The molecule has 0 bridgehead atoms. The van der Waals surface area contributed by atoms with Crippen molar-refractivity contribution in [2.45, 2.75) is 32.7 Å². The third kappa shape index (κ3) is 5.22. The molecule has 0 spiro atoms. The van der Waals surface area contributed by atoms with E-state index in [1.165, 1.54) is 0 Å². The van der Waals surface area contributed by atoms with Gasteiger partial charge in [0.05, 0.1) is 6.04 Å². The molecule has 0 radical (unpaired) electrons. The SMILES string of the molecule is CCCCNC(=O)N[C@@H](C)c1cccc(Br)c1. The smallest absolute Gasteiger partial charge is 0.315 e. The summed E-state index contributed by atoms with van der Waals surface area (Å²) in [5.41, 5.74) is 1.09. The van der Waals surface area contributed by atoms with Gasteiger partial charge in [-0.2, -0.15) is 0 Å². The number of halogens is 1. The average Bonchev–Trinajstić information content (AvgIpc) is 2.29. The highest BCUT2D eigenvalue weighted by molar-refractivity contribution is 9.10. The van der Waals surface area contributed by atoms with Crippen molar-refractivity contribution in [3.63, 3.8) is 0 Å². The molecule has 4 heteroatoms. The molecule has 0 fully saturated rings. The van der Waals surface area contributed by atoms with Crippen LogP contribution in [0.1, 0.15) is 38.3 Å². The first-order valence-electron chi connectivity index (χ1n) is 5.93.